The summed E-state index contributed by atoms with van der Waals surface area (Å²) >= 11 is 4.32. The van der Waals surface area contributed by atoms with E-state index in [-0.39, 0.29) is 17.4 Å². The van der Waals surface area contributed by atoms with Crippen LogP contribution in [0.25, 0.3) is 0 Å². The fourth-order valence-electron chi connectivity index (χ4n) is 3.95. The number of phenolic OH excluding ortho intramolecular Hbond substituents is 1. The van der Waals surface area contributed by atoms with Crippen LogP contribution in [0.4, 0.5) is 4.79 Å². The van der Waals surface area contributed by atoms with Crippen LogP contribution in [0.3, 0.4) is 0 Å². The molecule has 0 saturated heterocycles. The lowest BCUT2D eigenvalue weighted by atomic mass is 9.98. The first kappa shape index (κ1) is 32.6. The molecular weight excluding hydrogens is 490 g/mol. The van der Waals surface area contributed by atoms with Crippen LogP contribution in [0.2, 0.25) is 0 Å². The van der Waals surface area contributed by atoms with Gasteiger partial charge in [0.1, 0.15) is 23.4 Å². The molecule has 0 aliphatic rings. The number of aromatic hydroxyl groups is 1. The number of carbonyl (C=O) groups excluding carboxylic acids is 3. The number of hydrogen-bond acceptors (Lipinski definition) is 6. The van der Waals surface area contributed by atoms with E-state index in [1.807, 2.05) is 0 Å². The summed E-state index contributed by atoms with van der Waals surface area (Å²) in [5, 5.41) is 16.5. The molecule has 0 aliphatic heterocycles. The molecule has 3 N–H and O–H groups in total. The number of rotatable bonds is 15. The Morgan fingerprint density at radius 2 is 1.70 bits per heavy atom. The van der Waals surface area contributed by atoms with Crippen LogP contribution in [0.15, 0.2) is 18.2 Å². The van der Waals surface area contributed by atoms with Crippen molar-refractivity contribution in [2.24, 2.45) is 0 Å². The number of aryl methyl sites for hydroxylation is 1. The minimum Gasteiger partial charge on any atom is -0.507 e. The van der Waals surface area contributed by atoms with Gasteiger partial charge in [-0.2, -0.15) is 12.6 Å². The molecule has 0 fully saturated rings. The molecule has 1 aromatic carbocycles. The summed E-state index contributed by atoms with van der Waals surface area (Å²) in [6.07, 6.45) is 5.66. The normalized spacial score (nSPS) is 12.9. The van der Waals surface area contributed by atoms with Crippen molar-refractivity contribution in [3.8, 4) is 5.75 Å². The minimum atomic E-state index is -1.06. The number of para-hydroxylation sites is 1. The van der Waals surface area contributed by atoms with Gasteiger partial charge in [0.05, 0.1) is 0 Å². The number of carbonyl (C=O) groups is 3. The van der Waals surface area contributed by atoms with Crippen LogP contribution >= 0.6 is 12.6 Å². The van der Waals surface area contributed by atoms with Gasteiger partial charge in [-0.15, -0.1) is 0 Å². The Bertz CT molecular complexity index is 872. The van der Waals surface area contributed by atoms with E-state index in [4.69, 9.17) is 4.74 Å². The van der Waals surface area contributed by atoms with E-state index < -0.39 is 29.7 Å². The second-order valence-corrected chi connectivity index (χ2v) is 10.8. The maximum Gasteiger partial charge on any atom is 0.408 e. The average Bonchev–Trinajstić information content (AvgIpc) is 2.83. The van der Waals surface area contributed by atoms with E-state index in [2.05, 4.69) is 37.1 Å². The highest BCUT2D eigenvalue weighted by atomic mass is 32.1. The molecule has 0 aliphatic carbocycles. The lowest BCUT2D eigenvalue weighted by Crippen LogP contribution is -2.54. The average molecular weight is 538 g/mol. The first-order valence-electron chi connectivity index (χ1n) is 13.4. The Morgan fingerprint density at radius 3 is 2.30 bits per heavy atom. The van der Waals surface area contributed by atoms with Gasteiger partial charge in [-0.3, -0.25) is 9.59 Å². The van der Waals surface area contributed by atoms with Crippen molar-refractivity contribution in [1.82, 2.24) is 15.5 Å². The molecule has 37 heavy (non-hydrogen) atoms. The quantitative estimate of drug-likeness (QED) is 0.180. The molecule has 0 radical (unpaired) electrons. The molecule has 2 atom stereocenters. The van der Waals surface area contributed by atoms with Crippen molar-refractivity contribution >= 4 is 30.5 Å². The summed E-state index contributed by atoms with van der Waals surface area (Å²) in [6.45, 7) is 11.9. The third-order valence-electron chi connectivity index (χ3n) is 5.91. The highest BCUT2D eigenvalue weighted by Gasteiger charge is 2.37. The summed E-state index contributed by atoms with van der Waals surface area (Å²) in [4.78, 5) is 41.4. The van der Waals surface area contributed by atoms with Crippen molar-refractivity contribution in [2.75, 3.05) is 18.8 Å². The van der Waals surface area contributed by atoms with E-state index in [0.29, 0.717) is 30.6 Å². The Kier molecular flexibility index (Phi) is 14.5. The molecule has 9 heteroatoms. The SMILES string of the molecule is CCCCCCN(C(=O)C(CS)NC(=O)OC(C)(C)C)C(C(=O)NCCCCC)c1cccc(C)c1O. The number of nitrogens with one attached hydrogen (secondary N) is 2. The summed E-state index contributed by atoms with van der Waals surface area (Å²) in [6, 6.07) is 3.12. The van der Waals surface area contributed by atoms with E-state index in [1.165, 1.54) is 4.90 Å². The number of phenols is 1. The Hall–Kier alpha value is -2.42. The van der Waals surface area contributed by atoms with Crippen LogP contribution in [0.5, 0.6) is 5.75 Å². The largest absolute Gasteiger partial charge is 0.507 e. The van der Waals surface area contributed by atoms with E-state index in [1.54, 1.807) is 45.9 Å². The summed E-state index contributed by atoms with van der Waals surface area (Å²) in [5.41, 5.74) is 0.229. The molecule has 1 aromatic rings. The van der Waals surface area contributed by atoms with Crippen molar-refractivity contribution < 1.29 is 24.2 Å². The zero-order valence-corrected chi connectivity index (χ0v) is 24.3. The molecule has 210 valence electrons. The van der Waals surface area contributed by atoms with Crippen LogP contribution < -0.4 is 10.6 Å². The molecule has 8 nitrogen and oxygen atoms in total. The monoisotopic (exact) mass is 537 g/mol. The van der Waals surface area contributed by atoms with Gasteiger partial charge < -0.3 is 25.4 Å². The van der Waals surface area contributed by atoms with Crippen molar-refractivity contribution in [3.63, 3.8) is 0 Å². The number of hydrogen-bond donors (Lipinski definition) is 4. The third kappa shape index (κ3) is 11.2. The smallest absolute Gasteiger partial charge is 0.408 e. The Balaban J connectivity index is 3.40. The van der Waals surface area contributed by atoms with Gasteiger partial charge in [0.15, 0.2) is 0 Å². The Morgan fingerprint density at radius 1 is 1.05 bits per heavy atom. The fourth-order valence-corrected chi connectivity index (χ4v) is 4.19. The number of nitrogens with zero attached hydrogens (tertiary/aromatic N) is 1. The van der Waals surface area contributed by atoms with E-state index >= 15 is 0 Å². The van der Waals surface area contributed by atoms with Crippen LogP contribution in [0, 0.1) is 6.92 Å². The lowest BCUT2D eigenvalue weighted by molar-refractivity contribution is -0.142. The zero-order valence-electron chi connectivity index (χ0n) is 23.4. The fraction of sp³-hybridized carbons (Fsp3) is 0.679. The van der Waals surface area contributed by atoms with Crippen LogP contribution in [-0.2, 0) is 14.3 Å². The minimum absolute atomic E-state index is 0.0220. The standard InChI is InChI=1S/C28H47N3O5S/c1-7-9-11-13-18-31(26(34)22(19-37)30-27(35)36-28(4,5)6)23(25(33)29-17-12-10-8-2)21-16-14-15-20(3)24(21)32/h14-16,22-23,32,37H,7-13,17-19H2,1-6H3,(H,29,33)(H,30,35). The number of amides is 3. The maximum atomic E-state index is 13.9. The van der Waals surface area contributed by atoms with E-state index in [9.17, 15) is 19.5 Å². The maximum absolute atomic E-state index is 13.9. The second kappa shape index (κ2) is 16.4. The zero-order chi connectivity index (χ0) is 28.0. The van der Waals surface area contributed by atoms with Gasteiger partial charge in [0, 0.05) is 24.4 Å². The molecule has 2 unspecified atom stereocenters. The summed E-state index contributed by atoms with van der Waals surface area (Å²) in [7, 11) is 0. The van der Waals surface area contributed by atoms with Crippen molar-refractivity contribution in [3.05, 3.63) is 29.3 Å². The topological polar surface area (TPSA) is 108 Å². The number of alkyl carbamates (subject to hydrolysis) is 1. The molecule has 0 heterocycles. The lowest BCUT2D eigenvalue weighted by Gasteiger charge is -2.34. The molecular formula is C28H47N3O5S. The molecule has 0 saturated carbocycles. The van der Waals surface area contributed by atoms with Gasteiger partial charge in [-0.1, -0.05) is 64.2 Å². The van der Waals surface area contributed by atoms with Gasteiger partial charge in [-0.25, -0.2) is 4.79 Å². The van der Waals surface area contributed by atoms with Crippen LogP contribution in [-0.4, -0.2) is 58.4 Å². The molecule has 0 spiro atoms. The summed E-state index contributed by atoms with van der Waals surface area (Å²) in [5.74, 6) is -0.818. The van der Waals surface area contributed by atoms with Gasteiger partial charge >= 0.3 is 6.09 Å². The van der Waals surface area contributed by atoms with Crippen LogP contribution in [0.1, 0.15) is 96.7 Å². The number of unbranched alkanes of at least 4 members (excludes halogenated alkanes) is 5. The second-order valence-electron chi connectivity index (χ2n) is 10.4. The Labute approximate surface area is 228 Å². The highest BCUT2D eigenvalue weighted by molar-refractivity contribution is 7.80. The van der Waals surface area contributed by atoms with Gasteiger partial charge in [0.2, 0.25) is 11.8 Å². The number of ether oxygens (including phenoxy) is 1. The molecule has 0 bridgehead atoms. The van der Waals surface area contributed by atoms with Crippen molar-refractivity contribution in [1.29, 1.82) is 0 Å². The molecule has 1 rings (SSSR count). The van der Waals surface area contributed by atoms with Crippen molar-refractivity contribution in [2.45, 2.75) is 104 Å². The summed E-state index contributed by atoms with van der Waals surface area (Å²) < 4.78 is 5.34. The molecule has 3 amide bonds. The first-order valence-corrected chi connectivity index (χ1v) is 14.1. The van der Waals surface area contributed by atoms with E-state index in [0.717, 1.165) is 38.5 Å². The number of benzene rings is 1. The highest BCUT2D eigenvalue weighted by Crippen LogP contribution is 2.32. The molecule has 0 aromatic heterocycles. The predicted octanol–water partition coefficient (Wildman–Crippen LogP) is 5.28. The number of thiol groups is 1. The third-order valence-corrected chi connectivity index (χ3v) is 6.28. The predicted molar refractivity (Wildman–Crippen MR) is 151 cm³/mol. The van der Waals surface area contributed by atoms with Gasteiger partial charge in [-0.05, 0) is 46.1 Å². The first-order chi connectivity index (χ1) is 17.5. The van der Waals surface area contributed by atoms with Gasteiger partial charge in [0.25, 0.3) is 0 Å².